The maximum Gasteiger partial charge on any atom is 0.416 e. The molecule has 2 rings (SSSR count). The van der Waals surface area contributed by atoms with Gasteiger partial charge in [-0.3, -0.25) is 0 Å². The van der Waals surface area contributed by atoms with Crippen LogP contribution < -0.4 is 0 Å². The number of rotatable bonds is 4. The molecular weight excluding hydrogens is 285 g/mol. The summed E-state index contributed by atoms with van der Waals surface area (Å²) in [7, 11) is 0. The Balaban J connectivity index is 1.95. The highest BCUT2D eigenvalue weighted by molar-refractivity contribution is 5.26. The minimum Gasteiger partial charge on any atom is -0.166 e. The van der Waals surface area contributed by atoms with Crippen LogP contribution in [0.15, 0.2) is 24.3 Å². The zero-order chi connectivity index (χ0) is 16.3. The van der Waals surface area contributed by atoms with Crippen LogP contribution in [0, 0.1) is 17.8 Å². The highest BCUT2D eigenvalue weighted by Crippen LogP contribution is 2.39. The molecule has 0 aromatic heterocycles. The molecule has 0 nitrogen and oxygen atoms in total. The quantitative estimate of drug-likeness (QED) is 0.583. The molecule has 1 aromatic carbocycles. The Hall–Kier alpha value is -0.990. The van der Waals surface area contributed by atoms with E-state index in [-0.39, 0.29) is 0 Å². The van der Waals surface area contributed by atoms with Gasteiger partial charge in [-0.25, -0.2) is 0 Å². The summed E-state index contributed by atoms with van der Waals surface area (Å²) in [5.74, 6) is 2.61. The van der Waals surface area contributed by atoms with Gasteiger partial charge in [-0.1, -0.05) is 52.2 Å². The monoisotopic (exact) mass is 312 g/mol. The van der Waals surface area contributed by atoms with Gasteiger partial charge in [0, 0.05) is 0 Å². The van der Waals surface area contributed by atoms with Crippen molar-refractivity contribution in [1.82, 2.24) is 0 Å². The van der Waals surface area contributed by atoms with Crippen LogP contribution in [0.3, 0.4) is 0 Å². The van der Waals surface area contributed by atoms with Gasteiger partial charge in [-0.15, -0.1) is 0 Å². The van der Waals surface area contributed by atoms with Crippen LogP contribution >= 0.6 is 0 Å². The van der Waals surface area contributed by atoms with E-state index in [4.69, 9.17) is 0 Å². The van der Waals surface area contributed by atoms with Gasteiger partial charge in [0.25, 0.3) is 0 Å². The summed E-state index contributed by atoms with van der Waals surface area (Å²) in [6.07, 6.45) is 2.04. The maximum absolute atomic E-state index is 12.6. The summed E-state index contributed by atoms with van der Waals surface area (Å²) < 4.78 is 37.8. The molecule has 124 valence electrons. The lowest BCUT2D eigenvalue weighted by Gasteiger charge is -2.33. The fourth-order valence-electron chi connectivity index (χ4n) is 3.79. The van der Waals surface area contributed by atoms with Gasteiger partial charge in [0.15, 0.2) is 0 Å². The van der Waals surface area contributed by atoms with Crippen LogP contribution in [0.5, 0.6) is 0 Å². The predicted octanol–water partition coefficient (Wildman–Crippen LogP) is 6.66. The number of hydrogen-bond donors (Lipinski definition) is 0. The Bertz CT molecular complexity index is 459. The molecule has 3 atom stereocenters. The second kappa shape index (κ2) is 7.06. The molecule has 0 radical (unpaired) electrons. The van der Waals surface area contributed by atoms with Crippen molar-refractivity contribution in [3.8, 4) is 0 Å². The fraction of sp³-hybridized carbons (Fsp3) is 0.684. The number of hydrogen-bond acceptors (Lipinski definition) is 0. The van der Waals surface area contributed by atoms with Gasteiger partial charge in [0.1, 0.15) is 0 Å². The van der Waals surface area contributed by atoms with E-state index in [1.165, 1.54) is 37.8 Å². The molecular formula is C19H27F3. The Labute approximate surface area is 132 Å². The van der Waals surface area contributed by atoms with Crippen molar-refractivity contribution in [2.45, 2.75) is 65.0 Å². The van der Waals surface area contributed by atoms with Crippen LogP contribution in [0.1, 0.15) is 69.9 Å². The summed E-state index contributed by atoms with van der Waals surface area (Å²) in [6, 6.07) is 5.72. The van der Waals surface area contributed by atoms with E-state index in [0.717, 1.165) is 29.7 Å². The SMILES string of the molecule is CC(CC1CCCC(C(C)C)C1)c1ccc(C(F)(F)F)cc1. The highest BCUT2D eigenvalue weighted by Gasteiger charge is 2.30. The lowest BCUT2D eigenvalue weighted by Crippen LogP contribution is -2.21. The van der Waals surface area contributed by atoms with E-state index in [9.17, 15) is 13.2 Å². The molecule has 1 aliphatic rings. The minimum absolute atomic E-state index is 0.332. The smallest absolute Gasteiger partial charge is 0.166 e. The van der Waals surface area contributed by atoms with Crippen LogP contribution in [0.2, 0.25) is 0 Å². The molecule has 3 unspecified atom stereocenters. The van der Waals surface area contributed by atoms with E-state index in [2.05, 4.69) is 20.8 Å². The van der Waals surface area contributed by atoms with Crippen molar-refractivity contribution < 1.29 is 13.2 Å². The van der Waals surface area contributed by atoms with Crippen LogP contribution in [-0.4, -0.2) is 0 Å². The van der Waals surface area contributed by atoms with Crippen LogP contribution in [0.4, 0.5) is 13.2 Å². The Kier molecular flexibility index (Phi) is 5.57. The summed E-state index contributed by atoms with van der Waals surface area (Å²) in [5.41, 5.74) is 0.473. The Morgan fingerprint density at radius 3 is 2.23 bits per heavy atom. The second-order valence-electron chi connectivity index (χ2n) is 7.29. The number of halogens is 3. The fourth-order valence-corrected chi connectivity index (χ4v) is 3.79. The summed E-state index contributed by atoms with van der Waals surface area (Å²) >= 11 is 0. The molecule has 22 heavy (non-hydrogen) atoms. The van der Waals surface area contributed by atoms with Gasteiger partial charge in [-0.05, 0) is 54.2 Å². The van der Waals surface area contributed by atoms with Gasteiger partial charge >= 0.3 is 6.18 Å². The van der Waals surface area contributed by atoms with Crippen molar-refractivity contribution in [3.63, 3.8) is 0 Å². The van der Waals surface area contributed by atoms with Gasteiger partial charge in [0.05, 0.1) is 5.56 Å². The van der Waals surface area contributed by atoms with Crippen molar-refractivity contribution in [3.05, 3.63) is 35.4 Å². The zero-order valence-electron chi connectivity index (χ0n) is 13.8. The highest BCUT2D eigenvalue weighted by atomic mass is 19.4. The van der Waals surface area contributed by atoms with Crippen LogP contribution in [0.25, 0.3) is 0 Å². The van der Waals surface area contributed by atoms with E-state index < -0.39 is 11.7 Å². The molecule has 0 aliphatic heterocycles. The minimum atomic E-state index is -4.24. The average molecular weight is 312 g/mol. The molecule has 1 fully saturated rings. The summed E-state index contributed by atoms with van der Waals surface area (Å²) in [6.45, 7) is 6.74. The van der Waals surface area contributed by atoms with E-state index in [1.54, 1.807) is 12.1 Å². The third kappa shape index (κ3) is 4.50. The van der Waals surface area contributed by atoms with Crippen molar-refractivity contribution in [1.29, 1.82) is 0 Å². The topological polar surface area (TPSA) is 0 Å². The third-order valence-electron chi connectivity index (χ3n) is 5.26. The van der Waals surface area contributed by atoms with Crippen LogP contribution in [-0.2, 0) is 6.18 Å². The molecule has 0 bridgehead atoms. The Morgan fingerprint density at radius 2 is 1.68 bits per heavy atom. The summed E-state index contributed by atoms with van der Waals surface area (Å²) in [4.78, 5) is 0. The number of benzene rings is 1. The van der Waals surface area contributed by atoms with Gasteiger partial charge in [0.2, 0.25) is 0 Å². The molecule has 1 aliphatic carbocycles. The van der Waals surface area contributed by atoms with Crippen molar-refractivity contribution >= 4 is 0 Å². The van der Waals surface area contributed by atoms with Crippen molar-refractivity contribution in [2.75, 3.05) is 0 Å². The normalized spacial score (nSPS) is 24.5. The van der Waals surface area contributed by atoms with E-state index in [1.807, 2.05) is 0 Å². The van der Waals surface area contributed by atoms with Gasteiger partial charge < -0.3 is 0 Å². The first kappa shape index (κ1) is 17.4. The first-order valence-corrected chi connectivity index (χ1v) is 8.44. The lowest BCUT2D eigenvalue weighted by atomic mass is 9.73. The molecule has 0 amide bonds. The number of alkyl halides is 3. The average Bonchev–Trinajstić information content (AvgIpc) is 2.46. The molecule has 0 saturated heterocycles. The third-order valence-corrected chi connectivity index (χ3v) is 5.26. The molecule has 1 aromatic rings. The first-order chi connectivity index (χ1) is 10.3. The standard InChI is InChI=1S/C19H27F3/c1-13(2)17-6-4-5-15(12-17)11-14(3)16-7-9-18(10-8-16)19(20,21)22/h7-10,13-15,17H,4-6,11-12H2,1-3H3. The Morgan fingerprint density at radius 1 is 1.05 bits per heavy atom. The second-order valence-corrected chi connectivity index (χ2v) is 7.29. The molecule has 0 N–H and O–H groups in total. The molecule has 1 saturated carbocycles. The van der Waals surface area contributed by atoms with Gasteiger partial charge in [-0.2, -0.15) is 13.2 Å². The maximum atomic E-state index is 12.6. The first-order valence-electron chi connectivity index (χ1n) is 8.44. The largest absolute Gasteiger partial charge is 0.416 e. The molecule has 0 spiro atoms. The van der Waals surface area contributed by atoms with E-state index in [0.29, 0.717) is 5.92 Å². The van der Waals surface area contributed by atoms with Crippen molar-refractivity contribution in [2.24, 2.45) is 17.8 Å². The lowest BCUT2D eigenvalue weighted by molar-refractivity contribution is -0.137. The zero-order valence-corrected chi connectivity index (χ0v) is 13.8. The molecule has 3 heteroatoms. The van der Waals surface area contributed by atoms with E-state index >= 15 is 0 Å². The predicted molar refractivity (Wildman–Crippen MR) is 84.8 cm³/mol. The summed E-state index contributed by atoms with van der Waals surface area (Å²) in [5, 5.41) is 0. The molecule has 0 heterocycles.